The van der Waals surface area contributed by atoms with Crippen LogP contribution in [0.1, 0.15) is 39.5 Å². The fraction of sp³-hybridized carbons (Fsp3) is 0.409. The molecular formula is C22H27FN2O3S. The second-order valence-corrected chi connectivity index (χ2v) is 9.22. The molecule has 1 aliphatic heterocycles. The zero-order valence-corrected chi connectivity index (χ0v) is 17.6. The molecule has 1 atom stereocenters. The number of nitrogens with zero attached hydrogens (tertiary/aromatic N) is 1. The first-order valence-electron chi connectivity index (χ1n) is 10.1. The SMILES string of the molecule is CCCCC(CC)CNC(=O)CN1c2ccc(F)cc2-c2ccccc2S1(=O)=O. The van der Waals surface area contributed by atoms with Gasteiger partial charge in [0.05, 0.1) is 10.6 Å². The Kier molecular flexibility index (Phi) is 6.57. The number of carbonyl (C=O) groups is 1. The van der Waals surface area contributed by atoms with Crippen LogP contribution in [0.4, 0.5) is 10.1 Å². The van der Waals surface area contributed by atoms with Crippen molar-refractivity contribution in [3.05, 3.63) is 48.3 Å². The number of fused-ring (bicyclic) bond motifs is 3. The Morgan fingerprint density at radius 3 is 2.62 bits per heavy atom. The molecule has 5 nitrogen and oxygen atoms in total. The van der Waals surface area contributed by atoms with Gasteiger partial charge in [-0.25, -0.2) is 12.8 Å². The second-order valence-electron chi connectivity index (χ2n) is 7.39. The smallest absolute Gasteiger partial charge is 0.265 e. The Bertz CT molecular complexity index is 991. The van der Waals surface area contributed by atoms with E-state index < -0.39 is 15.8 Å². The molecule has 1 amide bonds. The van der Waals surface area contributed by atoms with Crippen LogP contribution < -0.4 is 9.62 Å². The summed E-state index contributed by atoms with van der Waals surface area (Å²) in [7, 11) is -3.91. The van der Waals surface area contributed by atoms with Crippen molar-refractivity contribution in [1.82, 2.24) is 5.32 Å². The lowest BCUT2D eigenvalue weighted by molar-refractivity contribution is -0.119. The topological polar surface area (TPSA) is 66.5 Å². The lowest BCUT2D eigenvalue weighted by atomic mass is 9.99. The molecule has 156 valence electrons. The molecule has 0 saturated carbocycles. The van der Waals surface area contributed by atoms with Gasteiger partial charge in [-0.15, -0.1) is 0 Å². The molecule has 0 aromatic heterocycles. The summed E-state index contributed by atoms with van der Waals surface area (Å²) >= 11 is 0. The predicted octanol–water partition coefficient (Wildman–Crippen LogP) is 4.33. The van der Waals surface area contributed by atoms with Crippen LogP contribution in [-0.2, 0) is 14.8 Å². The number of rotatable bonds is 8. The number of hydrogen-bond donors (Lipinski definition) is 1. The Balaban J connectivity index is 1.85. The summed E-state index contributed by atoms with van der Waals surface area (Å²) in [6.07, 6.45) is 4.19. The van der Waals surface area contributed by atoms with Gasteiger partial charge in [0.1, 0.15) is 12.4 Å². The highest BCUT2D eigenvalue weighted by molar-refractivity contribution is 7.93. The first kappa shape index (κ1) is 21.3. The van der Waals surface area contributed by atoms with E-state index >= 15 is 0 Å². The molecule has 1 unspecified atom stereocenters. The summed E-state index contributed by atoms with van der Waals surface area (Å²) in [6, 6.07) is 10.4. The fourth-order valence-electron chi connectivity index (χ4n) is 3.66. The van der Waals surface area contributed by atoms with Crippen LogP contribution in [0.2, 0.25) is 0 Å². The van der Waals surface area contributed by atoms with Crippen LogP contribution in [0.25, 0.3) is 11.1 Å². The predicted molar refractivity (Wildman–Crippen MR) is 113 cm³/mol. The molecule has 0 bridgehead atoms. The van der Waals surface area contributed by atoms with Crippen molar-refractivity contribution in [2.75, 3.05) is 17.4 Å². The van der Waals surface area contributed by atoms with Crippen molar-refractivity contribution in [2.45, 2.75) is 44.4 Å². The molecule has 1 N–H and O–H groups in total. The van der Waals surface area contributed by atoms with Crippen molar-refractivity contribution in [2.24, 2.45) is 5.92 Å². The molecule has 1 aliphatic rings. The monoisotopic (exact) mass is 418 g/mol. The van der Waals surface area contributed by atoms with E-state index in [1.54, 1.807) is 18.2 Å². The Morgan fingerprint density at radius 2 is 1.90 bits per heavy atom. The van der Waals surface area contributed by atoms with E-state index in [0.29, 0.717) is 29.3 Å². The van der Waals surface area contributed by atoms with E-state index in [1.165, 1.54) is 24.3 Å². The quantitative estimate of drug-likeness (QED) is 0.694. The highest BCUT2D eigenvalue weighted by Gasteiger charge is 2.36. The van der Waals surface area contributed by atoms with Crippen molar-refractivity contribution >= 4 is 21.6 Å². The van der Waals surface area contributed by atoms with Gasteiger partial charge in [-0.1, -0.05) is 51.3 Å². The molecule has 0 spiro atoms. The Hall–Kier alpha value is -2.41. The molecule has 0 fully saturated rings. The van der Waals surface area contributed by atoms with Crippen LogP contribution in [0.15, 0.2) is 47.4 Å². The van der Waals surface area contributed by atoms with Gasteiger partial charge in [-0.05, 0) is 36.6 Å². The average molecular weight is 419 g/mol. The summed E-state index contributed by atoms with van der Waals surface area (Å²) in [5.41, 5.74) is 1.24. The summed E-state index contributed by atoms with van der Waals surface area (Å²) in [5.74, 6) is -0.443. The lowest BCUT2D eigenvalue weighted by Gasteiger charge is -2.31. The van der Waals surface area contributed by atoms with Crippen molar-refractivity contribution in [3.8, 4) is 11.1 Å². The van der Waals surface area contributed by atoms with E-state index in [-0.39, 0.29) is 17.3 Å². The van der Waals surface area contributed by atoms with E-state index in [2.05, 4.69) is 19.2 Å². The van der Waals surface area contributed by atoms with E-state index in [1.807, 2.05) is 0 Å². The first-order valence-corrected chi connectivity index (χ1v) is 11.5. The highest BCUT2D eigenvalue weighted by atomic mass is 32.2. The molecule has 0 saturated heterocycles. The van der Waals surface area contributed by atoms with Crippen molar-refractivity contribution in [3.63, 3.8) is 0 Å². The average Bonchev–Trinajstić information content (AvgIpc) is 2.71. The largest absolute Gasteiger partial charge is 0.354 e. The van der Waals surface area contributed by atoms with Gasteiger partial charge >= 0.3 is 0 Å². The number of halogens is 1. The van der Waals surface area contributed by atoms with Crippen LogP contribution in [-0.4, -0.2) is 27.4 Å². The highest BCUT2D eigenvalue weighted by Crippen LogP contribution is 2.42. The number of sulfonamides is 1. The summed E-state index contributed by atoms with van der Waals surface area (Å²) in [4.78, 5) is 12.7. The maximum Gasteiger partial charge on any atom is 0.265 e. The third-order valence-electron chi connectivity index (χ3n) is 5.39. The van der Waals surface area contributed by atoms with Crippen molar-refractivity contribution < 1.29 is 17.6 Å². The van der Waals surface area contributed by atoms with E-state index in [0.717, 1.165) is 30.0 Å². The van der Waals surface area contributed by atoms with Crippen LogP contribution in [0, 0.1) is 11.7 Å². The molecule has 0 radical (unpaired) electrons. The Labute approximate surface area is 172 Å². The third-order valence-corrected chi connectivity index (χ3v) is 7.21. The maximum absolute atomic E-state index is 13.9. The number of nitrogens with one attached hydrogen (secondary N) is 1. The zero-order valence-electron chi connectivity index (χ0n) is 16.8. The van der Waals surface area contributed by atoms with Gasteiger partial charge in [0.15, 0.2) is 0 Å². The van der Waals surface area contributed by atoms with E-state index in [4.69, 9.17) is 0 Å². The molecule has 29 heavy (non-hydrogen) atoms. The Morgan fingerprint density at radius 1 is 1.14 bits per heavy atom. The minimum Gasteiger partial charge on any atom is -0.354 e. The van der Waals surface area contributed by atoms with Gasteiger partial charge in [0.2, 0.25) is 5.91 Å². The summed E-state index contributed by atoms with van der Waals surface area (Å²) < 4.78 is 41.3. The van der Waals surface area contributed by atoms with Gasteiger partial charge in [-0.3, -0.25) is 9.10 Å². The second kappa shape index (κ2) is 8.95. The van der Waals surface area contributed by atoms with Crippen molar-refractivity contribution in [1.29, 1.82) is 0 Å². The third kappa shape index (κ3) is 4.45. The van der Waals surface area contributed by atoms with E-state index in [9.17, 15) is 17.6 Å². The minimum absolute atomic E-state index is 0.0836. The molecule has 0 aliphatic carbocycles. The number of anilines is 1. The van der Waals surface area contributed by atoms with Crippen LogP contribution >= 0.6 is 0 Å². The van der Waals surface area contributed by atoms with Gasteiger partial charge in [-0.2, -0.15) is 0 Å². The molecule has 2 aromatic rings. The lowest BCUT2D eigenvalue weighted by Crippen LogP contribution is -2.43. The van der Waals surface area contributed by atoms with Gasteiger partial charge in [0.25, 0.3) is 10.0 Å². The molecule has 7 heteroatoms. The number of carbonyl (C=O) groups excluding carboxylic acids is 1. The normalized spacial score (nSPS) is 15.3. The molecule has 1 heterocycles. The number of unbranched alkanes of at least 4 members (excludes halogenated alkanes) is 1. The summed E-state index contributed by atoms with van der Waals surface area (Å²) in [5, 5.41) is 2.87. The standard InChI is InChI=1S/C22H27FN2O3S/c1-3-5-8-16(4-2)14-24-22(26)15-25-20-12-11-17(23)13-19(20)18-9-6-7-10-21(18)29(25,27)28/h6-7,9-13,16H,3-5,8,14-15H2,1-2H3,(H,24,26). The van der Waals surface area contributed by atoms with Crippen LogP contribution in [0.5, 0.6) is 0 Å². The molecule has 2 aromatic carbocycles. The number of amides is 1. The molecule has 3 rings (SSSR count). The van der Waals surface area contributed by atoms with Gasteiger partial charge in [0, 0.05) is 17.7 Å². The molecular weight excluding hydrogens is 391 g/mol. The fourth-order valence-corrected chi connectivity index (χ4v) is 5.31. The van der Waals surface area contributed by atoms with Gasteiger partial charge < -0.3 is 5.32 Å². The number of hydrogen-bond acceptors (Lipinski definition) is 3. The minimum atomic E-state index is -3.91. The first-order chi connectivity index (χ1) is 13.9. The maximum atomic E-state index is 13.9. The summed E-state index contributed by atoms with van der Waals surface area (Å²) in [6.45, 7) is 4.41. The van der Waals surface area contributed by atoms with Crippen LogP contribution in [0.3, 0.4) is 0 Å². The number of benzene rings is 2. The zero-order chi connectivity index (χ0) is 21.0.